The Balaban J connectivity index is 2.37. The van der Waals surface area contributed by atoms with Gasteiger partial charge >= 0.3 is 0 Å². The molecule has 8 heteroatoms. The standard InChI is InChI=1S/C14H21N3O4S/c1-10-8-11(17(18)19)4-5-12(10)22(20,21)16-7-6-13(15)14(2,3)9-16/h4-5,8,13H,6-7,9,15H2,1-3H3. The molecule has 0 bridgehead atoms. The van der Waals surface area contributed by atoms with Gasteiger partial charge in [-0.05, 0) is 30.4 Å². The molecule has 1 atom stereocenters. The number of rotatable bonds is 3. The molecule has 1 aliphatic heterocycles. The van der Waals surface area contributed by atoms with Crippen LogP contribution in [0, 0.1) is 22.5 Å². The number of aryl methyl sites for hydroxylation is 1. The minimum absolute atomic E-state index is 0.0445. The van der Waals surface area contributed by atoms with Crippen molar-refractivity contribution >= 4 is 15.7 Å². The molecule has 1 aliphatic rings. The van der Waals surface area contributed by atoms with Gasteiger partial charge in [0.1, 0.15) is 0 Å². The van der Waals surface area contributed by atoms with E-state index >= 15 is 0 Å². The van der Waals surface area contributed by atoms with E-state index in [1.807, 2.05) is 13.8 Å². The van der Waals surface area contributed by atoms with Crippen LogP contribution in [0.4, 0.5) is 5.69 Å². The first-order valence-corrected chi connectivity index (χ1v) is 8.50. The molecule has 0 saturated carbocycles. The molecule has 0 aromatic heterocycles. The fraction of sp³-hybridized carbons (Fsp3) is 0.571. The third kappa shape index (κ3) is 2.99. The van der Waals surface area contributed by atoms with Gasteiger partial charge in [0.15, 0.2) is 0 Å². The van der Waals surface area contributed by atoms with Gasteiger partial charge in [0, 0.05) is 31.3 Å². The van der Waals surface area contributed by atoms with Crippen molar-refractivity contribution in [1.29, 1.82) is 0 Å². The summed E-state index contributed by atoms with van der Waals surface area (Å²) >= 11 is 0. The van der Waals surface area contributed by atoms with E-state index < -0.39 is 14.9 Å². The Morgan fingerprint density at radius 1 is 1.41 bits per heavy atom. The van der Waals surface area contributed by atoms with Crippen LogP contribution in [-0.4, -0.2) is 36.8 Å². The number of non-ortho nitro benzene ring substituents is 1. The lowest BCUT2D eigenvalue weighted by molar-refractivity contribution is -0.385. The second kappa shape index (κ2) is 5.60. The van der Waals surface area contributed by atoms with Crippen molar-refractivity contribution in [3.05, 3.63) is 33.9 Å². The Kier molecular flexibility index (Phi) is 4.29. The molecule has 0 amide bonds. The summed E-state index contributed by atoms with van der Waals surface area (Å²) in [5.74, 6) is 0. The zero-order chi connectivity index (χ0) is 16.7. The van der Waals surface area contributed by atoms with Crippen molar-refractivity contribution in [2.45, 2.75) is 38.1 Å². The molecule has 1 aromatic carbocycles. The molecule has 1 saturated heterocycles. The van der Waals surface area contributed by atoms with Gasteiger partial charge < -0.3 is 5.73 Å². The minimum Gasteiger partial charge on any atom is -0.327 e. The molecule has 0 spiro atoms. The van der Waals surface area contributed by atoms with E-state index in [4.69, 9.17) is 5.73 Å². The Hall–Kier alpha value is -1.51. The van der Waals surface area contributed by atoms with Gasteiger partial charge in [-0.1, -0.05) is 13.8 Å². The van der Waals surface area contributed by atoms with Crippen LogP contribution in [0.5, 0.6) is 0 Å². The van der Waals surface area contributed by atoms with E-state index in [9.17, 15) is 18.5 Å². The molecule has 7 nitrogen and oxygen atoms in total. The molecular formula is C14H21N3O4S. The van der Waals surface area contributed by atoms with E-state index in [0.717, 1.165) is 0 Å². The number of hydrogen-bond donors (Lipinski definition) is 1. The number of nitrogens with zero attached hydrogens (tertiary/aromatic N) is 2. The largest absolute Gasteiger partial charge is 0.327 e. The van der Waals surface area contributed by atoms with Gasteiger partial charge in [0.2, 0.25) is 10.0 Å². The van der Waals surface area contributed by atoms with Crippen LogP contribution in [0.1, 0.15) is 25.8 Å². The lowest BCUT2D eigenvalue weighted by Crippen LogP contribution is -2.53. The average Bonchev–Trinajstić information content (AvgIpc) is 2.41. The minimum atomic E-state index is -3.67. The normalized spacial score (nSPS) is 22.5. The summed E-state index contributed by atoms with van der Waals surface area (Å²) in [7, 11) is -3.67. The molecule has 22 heavy (non-hydrogen) atoms. The maximum Gasteiger partial charge on any atom is 0.269 e. The number of sulfonamides is 1. The summed E-state index contributed by atoms with van der Waals surface area (Å²) in [6, 6.07) is 3.77. The number of piperidine rings is 1. The van der Waals surface area contributed by atoms with E-state index in [2.05, 4.69) is 0 Å². The van der Waals surface area contributed by atoms with Crippen molar-refractivity contribution in [1.82, 2.24) is 4.31 Å². The Bertz CT molecular complexity index is 700. The van der Waals surface area contributed by atoms with E-state index in [0.29, 0.717) is 25.1 Å². The van der Waals surface area contributed by atoms with Crippen molar-refractivity contribution < 1.29 is 13.3 Å². The predicted octanol–water partition coefficient (Wildman–Crippen LogP) is 1.65. The third-order valence-electron chi connectivity index (χ3n) is 4.26. The molecule has 1 aromatic rings. The monoisotopic (exact) mass is 327 g/mol. The van der Waals surface area contributed by atoms with Crippen LogP contribution in [0.3, 0.4) is 0 Å². The number of hydrogen-bond acceptors (Lipinski definition) is 5. The number of nitrogens with two attached hydrogens (primary N) is 1. The van der Waals surface area contributed by atoms with Gasteiger partial charge in [-0.15, -0.1) is 0 Å². The maximum absolute atomic E-state index is 12.8. The van der Waals surface area contributed by atoms with Crippen molar-refractivity contribution in [3.63, 3.8) is 0 Å². The highest BCUT2D eigenvalue weighted by molar-refractivity contribution is 7.89. The highest BCUT2D eigenvalue weighted by atomic mass is 32.2. The lowest BCUT2D eigenvalue weighted by Gasteiger charge is -2.41. The molecule has 1 heterocycles. The van der Waals surface area contributed by atoms with Crippen LogP contribution in [0.25, 0.3) is 0 Å². The fourth-order valence-corrected chi connectivity index (χ4v) is 4.54. The first-order valence-electron chi connectivity index (χ1n) is 7.06. The smallest absolute Gasteiger partial charge is 0.269 e. The van der Waals surface area contributed by atoms with Gasteiger partial charge in [0.05, 0.1) is 9.82 Å². The van der Waals surface area contributed by atoms with E-state index in [1.165, 1.54) is 22.5 Å². The van der Waals surface area contributed by atoms with Crippen LogP contribution < -0.4 is 5.73 Å². The summed E-state index contributed by atoms with van der Waals surface area (Å²) in [6.07, 6.45) is 0.595. The summed E-state index contributed by atoms with van der Waals surface area (Å²) < 4.78 is 27.0. The second-order valence-electron chi connectivity index (χ2n) is 6.43. The molecule has 0 aliphatic carbocycles. The molecule has 2 rings (SSSR count). The van der Waals surface area contributed by atoms with Crippen LogP contribution in [-0.2, 0) is 10.0 Å². The molecule has 122 valence electrons. The quantitative estimate of drug-likeness (QED) is 0.671. The second-order valence-corrected chi connectivity index (χ2v) is 8.34. The summed E-state index contributed by atoms with van der Waals surface area (Å²) in [6.45, 7) is 6.17. The van der Waals surface area contributed by atoms with E-state index in [-0.39, 0.29) is 22.0 Å². The molecule has 0 radical (unpaired) electrons. The van der Waals surface area contributed by atoms with Crippen LogP contribution in [0.2, 0.25) is 0 Å². The topological polar surface area (TPSA) is 107 Å². The third-order valence-corrected chi connectivity index (χ3v) is 6.27. The predicted molar refractivity (Wildman–Crippen MR) is 83.0 cm³/mol. The number of nitro groups is 1. The summed E-state index contributed by atoms with van der Waals surface area (Å²) in [4.78, 5) is 10.3. The first-order chi connectivity index (χ1) is 10.1. The van der Waals surface area contributed by atoms with Gasteiger partial charge in [0.25, 0.3) is 5.69 Å². The van der Waals surface area contributed by atoms with Crippen molar-refractivity contribution in [3.8, 4) is 0 Å². The Morgan fingerprint density at radius 3 is 2.55 bits per heavy atom. The number of benzene rings is 1. The van der Waals surface area contributed by atoms with Crippen molar-refractivity contribution in [2.24, 2.45) is 11.1 Å². The zero-order valence-corrected chi connectivity index (χ0v) is 13.8. The molecular weight excluding hydrogens is 306 g/mol. The number of nitro benzene ring substituents is 1. The molecule has 2 N–H and O–H groups in total. The van der Waals surface area contributed by atoms with Crippen molar-refractivity contribution in [2.75, 3.05) is 13.1 Å². The summed E-state index contributed by atoms with van der Waals surface area (Å²) in [5.41, 5.74) is 6.00. The maximum atomic E-state index is 12.8. The lowest BCUT2D eigenvalue weighted by atomic mass is 9.81. The fourth-order valence-electron chi connectivity index (χ4n) is 2.71. The Labute approximate surface area is 130 Å². The zero-order valence-electron chi connectivity index (χ0n) is 12.9. The average molecular weight is 327 g/mol. The first kappa shape index (κ1) is 16.9. The van der Waals surface area contributed by atoms with Gasteiger partial charge in [-0.2, -0.15) is 4.31 Å². The van der Waals surface area contributed by atoms with Gasteiger partial charge in [-0.25, -0.2) is 8.42 Å². The summed E-state index contributed by atoms with van der Waals surface area (Å²) in [5, 5.41) is 10.8. The Morgan fingerprint density at radius 2 is 2.05 bits per heavy atom. The molecule has 1 unspecified atom stereocenters. The van der Waals surface area contributed by atoms with Gasteiger partial charge in [-0.3, -0.25) is 10.1 Å². The SMILES string of the molecule is Cc1cc([N+](=O)[O-])ccc1S(=O)(=O)N1CCC(N)C(C)(C)C1. The van der Waals surface area contributed by atoms with E-state index in [1.54, 1.807) is 6.92 Å². The molecule has 1 fully saturated rings. The highest BCUT2D eigenvalue weighted by Gasteiger charge is 2.39. The van der Waals surface area contributed by atoms with Crippen LogP contribution >= 0.6 is 0 Å². The van der Waals surface area contributed by atoms with Crippen LogP contribution in [0.15, 0.2) is 23.1 Å². The highest BCUT2D eigenvalue weighted by Crippen LogP contribution is 2.32.